The lowest BCUT2D eigenvalue weighted by molar-refractivity contribution is -0.192. The number of nitrogens with two attached hydrogens (primary N) is 1. The van der Waals surface area contributed by atoms with Crippen molar-refractivity contribution < 1.29 is 76.6 Å². The van der Waals surface area contributed by atoms with Crippen LogP contribution < -0.4 is 5.73 Å². The summed E-state index contributed by atoms with van der Waals surface area (Å²) in [4.78, 5) is 36.2. The van der Waals surface area contributed by atoms with Crippen LogP contribution in [0.5, 0.6) is 0 Å². The minimum Gasteiger partial charge on any atom is -0.475 e. The molecular formula is C12H26F3NO13P2. The Morgan fingerprint density at radius 1 is 1.00 bits per heavy atom. The summed E-state index contributed by atoms with van der Waals surface area (Å²) in [7, 11) is -9.84. The van der Waals surface area contributed by atoms with Crippen LogP contribution in [-0.4, -0.2) is 102 Å². The van der Waals surface area contributed by atoms with Gasteiger partial charge in [-0.15, -0.1) is 0 Å². The summed E-state index contributed by atoms with van der Waals surface area (Å²) in [5.74, 6) is -7.25. The largest absolute Gasteiger partial charge is 0.490 e. The monoisotopic (exact) mass is 511 g/mol. The number of hydrogen-bond donors (Lipinski definition) is 9. The van der Waals surface area contributed by atoms with Gasteiger partial charge in [0, 0.05) is 0 Å². The second kappa shape index (κ2) is 12.5. The topological polar surface area (TPSA) is 258 Å². The van der Waals surface area contributed by atoms with Gasteiger partial charge in [-0.3, -0.25) is 9.13 Å². The molecule has 0 amide bonds. The number of rotatable bonds is 11. The van der Waals surface area contributed by atoms with Gasteiger partial charge in [0.25, 0.3) is 0 Å². The van der Waals surface area contributed by atoms with Crippen molar-refractivity contribution in [1.82, 2.24) is 0 Å². The molecule has 0 aromatic carbocycles. The highest BCUT2D eigenvalue weighted by atomic mass is 31.2. The van der Waals surface area contributed by atoms with Gasteiger partial charge in [0.05, 0.1) is 31.5 Å². The zero-order valence-electron chi connectivity index (χ0n) is 16.2. The van der Waals surface area contributed by atoms with Crippen LogP contribution in [0, 0.1) is 0 Å². The maximum absolute atomic E-state index is 12.0. The van der Waals surface area contributed by atoms with Crippen molar-refractivity contribution in [3.63, 3.8) is 0 Å². The molecule has 5 atom stereocenters. The average Bonchev–Trinajstić information content (AvgIpc) is 2.63. The second-order valence-electron chi connectivity index (χ2n) is 6.29. The first kappa shape index (κ1) is 32.5. The molecule has 0 heterocycles. The Bertz CT molecular complexity index is 654. The fraction of sp³-hybridized carbons (Fsp3) is 0.917. The molecule has 0 aliphatic heterocycles. The van der Waals surface area contributed by atoms with E-state index in [1.807, 2.05) is 0 Å². The van der Waals surface area contributed by atoms with Gasteiger partial charge in [0.2, 0.25) is 0 Å². The number of aliphatic carboxylic acids is 1. The van der Waals surface area contributed by atoms with E-state index >= 15 is 0 Å². The zero-order chi connectivity index (χ0) is 25.4. The van der Waals surface area contributed by atoms with E-state index in [-0.39, 0.29) is 0 Å². The number of halogens is 3. The van der Waals surface area contributed by atoms with E-state index in [2.05, 4.69) is 4.52 Å². The van der Waals surface area contributed by atoms with Gasteiger partial charge in [-0.05, 0) is 13.8 Å². The highest BCUT2D eigenvalue weighted by Gasteiger charge is 2.42. The number of aliphatic hydroxyl groups is 4. The van der Waals surface area contributed by atoms with Crippen molar-refractivity contribution >= 4 is 21.2 Å². The number of alkyl halides is 3. The molecule has 0 spiro atoms. The summed E-state index contributed by atoms with van der Waals surface area (Å²) in [6.07, 6.45) is -8.19. The summed E-state index contributed by atoms with van der Waals surface area (Å²) in [6, 6.07) is 0. The third-order valence-corrected chi connectivity index (χ3v) is 6.17. The number of carbonyl (C=O) groups is 1. The van der Waals surface area contributed by atoms with E-state index in [9.17, 15) is 37.4 Å². The van der Waals surface area contributed by atoms with Gasteiger partial charge in [-0.25, -0.2) is 4.79 Å². The Morgan fingerprint density at radius 2 is 1.39 bits per heavy atom. The lowest BCUT2D eigenvalue weighted by atomic mass is 10.1. The predicted octanol–water partition coefficient (Wildman–Crippen LogP) is -1.89. The van der Waals surface area contributed by atoms with Crippen LogP contribution in [-0.2, 0) is 23.2 Å². The minimum absolute atomic E-state index is 0.459. The summed E-state index contributed by atoms with van der Waals surface area (Å²) in [5, 5.41) is 44.2. The molecule has 0 rings (SSSR count). The Morgan fingerprint density at radius 3 is 1.68 bits per heavy atom. The zero-order valence-corrected chi connectivity index (χ0v) is 17.9. The molecule has 0 radical (unpaired) electrons. The Kier molecular flexibility index (Phi) is 13.1. The Hall–Kier alpha value is -0.680. The van der Waals surface area contributed by atoms with Gasteiger partial charge in [0.15, 0.2) is 11.7 Å². The number of ether oxygens (including phenoxy) is 1. The number of carboxylic acids is 1. The lowest BCUT2D eigenvalue weighted by Crippen LogP contribution is -2.52. The van der Waals surface area contributed by atoms with Crippen molar-refractivity contribution in [3.05, 3.63) is 0 Å². The molecule has 188 valence electrons. The molecule has 0 saturated carbocycles. The predicted molar refractivity (Wildman–Crippen MR) is 94.6 cm³/mol. The van der Waals surface area contributed by atoms with Crippen molar-refractivity contribution in [2.24, 2.45) is 5.73 Å². The van der Waals surface area contributed by atoms with Crippen LogP contribution >= 0.6 is 15.2 Å². The molecule has 0 bridgehead atoms. The summed E-state index contributed by atoms with van der Waals surface area (Å²) in [6.45, 7) is 0.360. The normalized spacial score (nSPS) is 18.7. The highest BCUT2D eigenvalue weighted by Crippen LogP contribution is 2.52. The molecule has 0 fully saturated rings. The summed E-state index contributed by atoms with van der Waals surface area (Å²) >= 11 is 0. The third-order valence-electron chi connectivity index (χ3n) is 3.34. The molecular weight excluding hydrogens is 485 g/mol. The Labute approximate surface area is 173 Å². The van der Waals surface area contributed by atoms with Crippen molar-refractivity contribution in [3.8, 4) is 0 Å². The van der Waals surface area contributed by atoms with Crippen molar-refractivity contribution in [1.29, 1.82) is 0 Å². The van der Waals surface area contributed by atoms with Gasteiger partial charge in [-0.2, -0.15) is 13.2 Å². The van der Waals surface area contributed by atoms with Crippen LogP contribution in [0.4, 0.5) is 13.2 Å². The number of aliphatic hydroxyl groups excluding tert-OH is 4. The molecule has 19 heteroatoms. The van der Waals surface area contributed by atoms with Crippen molar-refractivity contribution in [2.45, 2.75) is 49.5 Å². The number of hydrogen-bond acceptors (Lipinski definition) is 10. The van der Waals surface area contributed by atoms with E-state index in [0.717, 1.165) is 6.92 Å². The summed E-state index contributed by atoms with van der Waals surface area (Å²) in [5.41, 5.74) is 4.00. The van der Waals surface area contributed by atoms with Crippen molar-refractivity contribution in [2.75, 3.05) is 19.8 Å². The standard InChI is InChI=1S/C10H25NO11P2.C2HF3O2/c1-6(21-5-10(11,3-12)4-13)9(15)24(19,20)22-7(2)8(14)23(16,17)18;3-2(4,5)1(6)7/h6-9,12-15H,3-5,11H2,1-2H3,(H,19,20)(H2,16,17,18);(H,6,7). The first-order valence-electron chi connectivity index (χ1n) is 7.99. The first-order chi connectivity index (χ1) is 13.6. The fourth-order valence-corrected chi connectivity index (χ4v) is 3.46. The van der Waals surface area contributed by atoms with Crippen LogP contribution in [0.3, 0.4) is 0 Å². The Balaban J connectivity index is 0. The second-order valence-corrected chi connectivity index (χ2v) is 9.86. The molecule has 5 unspecified atom stereocenters. The molecule has 14 nitrogen and oxygen atoms in total. The molecule has 0 aromatic rings. The van der Waals surface area contributed by atoms with E-state index in [1.54, 1.807) is 0 Å². The SMILES string of the molecule is CC(OP(=O)(O)C(O)C(C)OCC(N)(CO)CO)C(O)P(=O)(O)O.O=C(O)C(F)(F)F. The van der Waals surface area contributed by atoms with Gasteiger partial charge in [-0.1, -0.05) is 0 Å². The van der Waals surface area contributed by atoms with E-state index < -0.39 is 76.6 Å². The van der Waals surface area contributed by atoms with Gasteiger partial charge in [0.1, 0.15) is 6.10 Å². The van der Waals surface area contributed by atoms with E-state index in [4.69, 9.17) is 40.4 Å². The molecule has 0 saturated heterocycles. The maximum atomic E-state index is 12.0. The molecule has 0 aliphatic carbocycles. The minimum atomic E-state index is -5.08. The van der Waals surface area contributed by atoms with Crippen LogP contribution in [0.2, 0.25) is 0 Å². The van der Waals surface area contributed by atoms with Crippen LogP contribution in [0.25, 0.3) is 0 Å². The fourth-order valence-electron chi connectivity index (χ4n) is 1.42. The number of carboxylic acid groups (broad SMARTS) is 1. The van der Waals surface area contributed by atoms with Crippen LogP contribution in [0.1, 0.15) is 13.8 Å². The summed E-state index contributed by atoms with van der Waals surface area (Å²) < 4.78 is 64.1. The highest BCUT2D eigenvalue weighted by molar-refractivity contribution is 7.54. The maximum Gasteiger partial charge on any atom is 0.490 e. The molecule has 10 N–H and O–H groups in total. The smallest absolute Gasteiger partial charge is 0.475 e. The van der Waals surface area contributed by atoms with E-state index in [0.29, 0.717) is 0 Å². The van der Waals surface area contributed by atoms with Gasteiger partial charge >= 0.3 is 27.3 Å². The molecule has 0 aromatic heterocycles. The average molecular weight is 511 g/mol. The third kappa shape index (κ3) is 12.2. The van der Waals surface area contributed by atoms with E-state index in [1.165, 1.54) is 6.92 Å². The first-order valence-corrected chi connectivity index (χ1v) is 11.3. The van der Waals surface area contributed by atoms with Crippen LogP contribution in [0.15, 0.2) is 0 Å². The molecule has 31 heavy (non-hydrogen) atoms. The molecule has 0 aliphatic rings. The lowest BCUT2D eigenvalue weighted by Gasteiger charge is -2.30. The quantitative estimate of drug-likeness (QED) is 0.138. The van der Waals surface area contributed by atoms with Gasteiger partial charge < -0.3 is 55.2 Å².